The molecule has 1 aromatic heterocycles. The van der Waals surface area contributed by atoms with Crippen LogP contribution in [0.15, 0.2) is 45.9 Å². The Hall–Kier alpha value is -1.51. The fourth-order valence-electron chi connectivity index (χ4n) is 1.53. The van der Waals surface area contributed by atoms with Crippen molar-refractivity contribution < 1.29 is 12.8 Å². The predicted octanol–water partition coefficient (Wildman–Crippen LogP) is 2.24. The number of halogens is 2. The topological polar surface area (TPSA) is 85.1 Å². The van der Waals surface area contributed by atoms with Gasteiger partial charge in [-0.25, -0.2) is 22.9 Å². The van der Waals surface area contributed by atoms with Crippen molar-refractivity contribution in [3.8, 4) is 0 Å². The molecule has 0 unspecified atom stereocenters. The van der Waals surface area contributed by atoms with Gasteiger partial charge < -0.3 is 5.32 Å². The highest BCUT2D eigenvalue weighted by Gasteiger charge is 2.07. The molecule has 5 nitrogen and oxygen atoms in total. The summed E-state index contributed by atoms with van der Waals surface area (Å²) in [6, 6.07) is 7.31. The van der Waals surface area contributed by atoms with Crippen molar-refractivity contribution in [2.75, 3.05) is 5.32 Å². The maximum absolute atomic E-state index is 13.5. The average molecular weight is 360 g/mol. The van der Waals surface area contributed by atoms with E-state index in [1.165, 1.54) is 24.4 Å². The highest BCUT2D eigenvalue weighted by molar-refractivity contribution is 9.10. The second-order valence-corrected chi connectivity index (χ2v) is 6.50. The number of benzene rings is 1. The third kappa shape index (κ3) is 3.75. The lowest BCUT2D eigenvalue weighted by Gasteiger charge is -2.07. The Morgan fingerprint density at radius 3 is 2.50 bits per heavy atom. The van der Waals surface area contributed by atoms with Crippen LogP contribution >= 0.6 is 15.9 Å². The van der Waals surface area contributed by atoms with Gasteiger partial charge in [-0.2, -0.15) is 0 Å². The first-order chi connectivity index (χ1) is 9.36. The van der Waals surface area contributed by atoms with E-state index < -0.39 is 15.8 Å². The SMILES string of the molecule is NS(=O)(=O)c1ccc(CNc2ncc(Br)cc2F)cc1. The number of hydrogen-bond acceptors (Lipinski definition) is 4. The monoisotopic (exact) mass is 359 g/mol. The molecule has 0 atom stereocenters. The van der Waals surface area contributed by atoms with Crippen LogP contribution in [0.25, 0.3) is 0 Å². The Morgan fingerprint density at radius 1 is 1.30 bits per heavy atom. The maximum atomic E-state index is 13.5. The molecule has 0 aliphatic rings. The van der Waals surface area contributed by atoms with E-state index in [4.69, 9.17) is 5.14 Å². The zero-order chi connectivity index (χ0) is 14.8. The third-order valence-corrected chi connectivity index (χ3v) is 3.88. The van der Waals surface area contributed by atoms with Crippen LogP contribution in [-0.4, -0.2) is 13.4 Å². The number of hydrogen-bond donors (Lipinski definition) is 2. The summed E-state index contributed by atoms with van der Waals surface area (Å²) in [5.41, 5.74) is 0.779. The number of aromatic nitrogens is 1. The number of pyridine rings is 1. The highest BCUT2D eigenvalue weighted by Crippen LogP contribution is 2.17. The Bertz CT molecular complexity index is 720. The lowest BCUT2D eigenvalue weighted by molar-refractivity contribution is 0.598. The van der Waals surface area contributed by atoms with E-state index in [1.54, 1.807) is 12.1 Å². The van der Waals surface area contributed by atoms with Crippen LogP contribution in [0.3, 0.4) is 0 Å². The first kappa shape index (κ1) is 14.9. The van der Waals surface area contributed by atoms with E-state index in [1.807, 2.05) is 0 Å². The van der Waals surface area contributed by atoms with Gasteiger partial charge in [0.1, 0.15) is 0 Å². The third-order valence-electron chi connectivity index (χ3n) is 2.52. The average Bonchev–Trinajstić information content (AvgIpc) is 2.37. The van der Waals surface area contributed by atoms with Crippen LogP contribution in [0.4, 0.5) is 10.2 Å². The first-order valence-corrected chi connectivity index (χ1v) is 7.87. The second-order valence-electron chi connectivity index (χ2n) is 4.03. The molecule has 8 heteroatoms. The molecule has 2 aromatic rings. The number of sulfonamides is 1. The molecular formula is C12H11BrFN3O2S. The molecule has 0 amide bonds. The molecule has 0 saturated carbocycles. The van der Waals surface area contributed by atoms with Gasteiger partial charge in [0.15, 0.2) is 11.6 Å². The Morgan fingerprint density at radius 2 is 1.95 bits per heavy atom. The Kier molecular flexibility index (Phi) is 4.36. The van der Waals surface area contributed by atoms with Gasteiger partial charge in [0.2, 0.25) is 10.0 Å². The lowest BCUT2D eigenvalue weighted by Crippen LogP contribution is -2.12. The van der Waals surface area contributed by atoms with Crippen molar-refractivity contribution in [3.63, 3.8) is 0 Å². The normalized spacial score (nSPS) is 11.3. The van der Waals surface area contributed by atoms with Gasteiger partial charge in [-0.1, -0.05) is 12.1 Å². The molecule has 106 valence electrons. The smallest absolute Gasteiger partial charge is 0.238 e. The number of nitrogens with zero attached hydrogens (tertiary/aromatic N) is 1. The van der Waals surface area contributed by atoms with Crippen LogP contribution in [0.1, 0.15) is 5.56 Å². The second kappa shape index (κ2) is 5.86. The maximum Gasteiger partial charge on any atom is 0.238 e. The summed E-state index contributed by atoms with van der Waals surface area (Å²) in [7, 11) is -3.70. The van der Waals surface area contributed by atoms with Crippen LogP contribution in [0.2, 0.25) is 0 Å². The number of nitrogens with two attached hydrogens (primary N) is 1. The van der Waals surface area contributed by atoms with Crippen molar-refractivity contribution in [3.05, 3.63) is 52.4 Å². The summed E-state index contributed by atoms with van der Waals surface area (Å²) in [6.07, 6.45) is 1.48. The molecule has 0 aliphatic heterocycles. The summed E-state index contributed by atoms with van der Waals surface area (Å²) in [4.78, 5) is 3.94. The molecule has 1 aromatic carbocycles. The summed E-state index contributed by atoms with van der Waals surface area (Å²) < 4.78 is 36.3. The number of rotatable bonds is 4. The molecular weight excluding hydrogens is 349 g/mol. The number of primary sulfonamides is 1. The van der Waals surface area contributed by atoms with Crippen LogP contribution in [0, 0.1) is 5.82 Å². The Balaban J connectivity index is 2.08. The van der Waals surface area contributed by atoms with Crippen molar-refractivity contribution in [1.82, 2.24) is 4.98 Å². The molecule has 0 fully saturated rings. The molecule has 2 rings (SSSR count). The number of nitrogens with one attached hydrogen (secondary N) is 1. The van der Waals surface area contributed by atoms with Crippen molar-refractivity contribution in [2.24, 2.45) is 5.14 Å². The number of anilines is 1. The standard InChI is InChI=1S/C12H11BrFN3O2S/c13-9-5-11(14)12(17-7-9)16-6-8-1-3-10(4-2-8)20(15,18)19/h1-5,7H,6H2,(H,16,17)(H2,15,18,19). The minimum Gasteiger partial charge on any atom is -0.364 e. The zero-order valence-electron chi connectivity index (χ0n) is 10.2. The summed E-state index contributed by atoms with van der Waals surface area (Å²) >= 11 is 3.12. The molecule has 0 aliphatic carbocycles. The molecule has 0 radical (unpaired) electrons. The van der Waals surface area contributed by atoms with Gasteiger partial charge in [-0.05, 0) is 39.7 Å². The molecule has 0 saturated heterocycles. The Labute approximate surface area is 124 Å². The van der Waals surface area contributed by atoms with Crippen molar-refractivity contribution in [1.29, 1.82) is 0 Å². The zero-order valence-corrected chi connectivity index (χ0v) is 12.6. The van der Waals surface area contributed by atoms with E-state index in [0.29, 0.717) is 11.0 Å². The molecule has 20 heavy (non-hydrogen) atoms. The highest BCUT2D eigenvalue weighted by atomic mass is 79.9. The fourth-order valence-corrected chi connectivity index (χ4v) is 2.35. The minimum absolute atomic E-state index is 0.0363. The van der Waals surface area contributed by atoms with E-state index in [0.717, 1.165) is 5.56 Å². The first-order valence-electron chi connectivity index (χ1n) is 5.53. The van der Waals surface area contributed by atoms with E-state index in [9.17, 15) is 12.8 Å². The van der Waals surface area contributed by atoms with Gasteiger partial charge in [0, 0.05) is 17.2 Å². The van der Waals surface area contributed by atoms with Crippen LogP contribution < -0.4 is 10.5 Å². The van der Waals surface area contributed by atoms with Crippen molar-refractivity contribution in [2.45, 2.75) is 11.4 Å². The fraction of sp³-hybridized carbons (Fsp3) is 0.0833. The lowest BCUT2D eigenvalue weighted by atomic mass is 10.2. The summed E-state index contributed by atoms with van der Waals surface area (Å²) in [6.45, 7) is 0.316. The molecule has 0 spiro atoms. The van der Waals surface area contributed by atoms with E-state index >= 15 is 0 Å². The molecule has 3 N–H and O–H groups in total. The summed E-state index contributed by atoms with van der Waals surface area (Å²) in [5, 5.41) is 7.83. The van der Waals surface area contributed by atoms with Crippen LogP contribution in [0.5, 0.6) is 0 Å². The summed E-state index contributed by atoms with van der Waals surface area (Å²) in [5.74, 6) is -0.343. The largest absolute Gasteiger partial charge is 0.364 e. The van der Waals surface area contributed by atoms with Crippen LogP contribution in [-0.2, 0) is 16.6 Å². The van der Waals surface area contributed by atoms with Crippen molar-refractivity contribution >= 4 is 31.8 Å². The van der Waals surface area contributed by atoms with Gasteiger partial charge in [-0.3, -0.25) is 0 Å². The molecule has 0 bridgehead atoms. The minimum atomic E-state index is -3.70. The van der Waals surface area contributed by atoms with Gasteiger partial charge in [0.05, 0.1) is 4.90 Å². The van der Waals surface area contributed by atoms with E-state index in [-0.39, 0.29) is 10.7 Å². The quantitative estimate of drug-likeness (QED) is 0.876. The predicted molar refractivity (Wildman–Crippen MR) is 77.0 cm³/mol. The molecule has 1 heterocycles. The van der Waals surface area contributed by atoms with Gasteiger partial charge in [0.25, 0.3) is 0 Å². The van der Waals surface area contributed by atoms with E-state index in [2.05, 4.69) is 26.2 Å². The van der Waals surface area contributed by atoms with Gasteiger partial charge in [-0.15, -0.1) is 0 Å². The van der Waals surface area contributed by atoms with Gasteiger partial charge >= 0.3 is 0 Å².